The highest BCUT2D eigenvalue weighted by Gasteiger charge is 2.30. The highest BCUT2D eigenvalue weighted by Crippen LogP contribution is 2.56. The normalized spacial score (nSPS) is 12.2. The maximum Gasteiger partial charge on any atom is 0.377 e. The van der Waals surface area contributed by atoms with Gasteiger partial charge in [-0.15, -0.1) is 0 Å². The van der Waals surface area contributed by atoms with Crippen molar-refractivity contribution in [3.8, 4) is 0 Å². The van der Waals surface area contributed by atoms with E-state index in [2.05, 4.69) is 5.32 Å². The zero-order valence-corrected chi connectivity index (χ0v) is 14.3. The number of anilines is 1. The first kappa shape index (κ1) is 17.5. The lowest BCUT2D eigenvalue weighted by Gasteiger charge is -2.21. The van der Waals surface area contributed by atoms with Gasteiger partial charge in [0.25, 0.3) is 0 Å². The van der Waals surface area contributed by atoms with E-state index >= 15 is 0 Å². The van der Waals surface area contributed by atoms with Crippen molar-refractivity contribution in [3.63, 3.8) is 0 Å². The molecule has 0 fully saturated rings. The largest absolute Gasteiger partial charge is 0.377 e. The molecule has 0 aromatic heterocycles. The average molecular weight is 331 g/mol. The molecular weight excluding hydrogens is 309 g/mol. The fraction of sp³-hybridized carbons (Fsp3) is 0.222. The molecule has 2 aromatic rings. The smallest absolute Gasteiger partial charge is 0.349 e. The van der Waals surface area contributed by atoms with E-state index in [9.17, 15) is 4.57 Å². The van der Waals surface area contributed by atoms with Crippen molar-refractivity contribution in [1.82, 2.24) is 0 Å². The van der Waals surface area contributed by atoms with Gasteiger partial charge in [-0.3, -0.25) is 4.57 Å². The molecule has 0 amide bonds. The molecule has 0 atom stereocenters. The van der Waals surface area contributed by atoms with E-state index in [4.69, 9.17) is 9.05 Å². The summed E-state index contributed by atoms with van der Waals surface area (Å²) in [6, 6.07) is 19.2. The van der Waals surface area contributed by atoms with Crippen LogP contribution in [0.4, 0.5) is 5.69 Å². The minimum atomic E-state index is -3.41. The minimum Gasteiger partial charge on any atom is -0.349 e. The highest BCUT2D eigenvalue weighted by atomic mass is 31.2. The minimum absolute atomic E-state index is 0.305. The van der Waals surface area contributed by atoms with E-state index in [-0.39, 0.29) is 0 Å². The molecule has 2 aromatic carbocycles. The average Bonchev–Trinajstić information content (AvgIpc) is 2.57. The summed E-state index contributed by atoms with van der Waals surface area (Å²) in [5, 5.41) is 3.19. The van der Waals surface area contributed by atoms with Gasteiger partial charge in [-0.25, -0.2) is 0 Å². The van der Waals surface area contributed by atoms with Crippen molar-refractivity contribution in [1.29, 1.82) is 0 Å². The molecular formula is C18H22NO3P. The summed E-state index contributed by atoms with van der Waals surface area (Å²) in [5.41, 5.74) is 2.18. The zero-order chi connectivity index (χ0) is 16.5. The van der Waals surface area contributed by atoms with Crippen LogP contribution in [0.5, 0.6) is 0 Å². The monoisotopic (exact) mass is 331 g/mol. The summed E-state index contributed by atoms with van der Waals surface area (Å²) in [5.74, 6) is 0. The van der Waals surface area contributed by atoms with E-state index in [1.54, 1.807) is 19.9 Å². The quantitative estimate of drug-likeness (QED) is 0.661. The fourth-order valence-corrected chi connectivity index (χ4v) is 3.68. The summed E-state index contributed by atoms with van der Waals surface area (Å²) in [4.78, 5) is 0. The number of hydrogen-bond acceptors (Lipinski definition) is 4. The number of nitrogens with one attached hydrogen (secondary N) is 1. The van der Waals surface area contributed by atoms with E-state index in [0.29, 0.717) is 18.7 Å². The molecule has 122 valence electrons. The van der Waals surface area contributed by atoms with E-state index in [0.717, 1.165) is 11.3 Å². The van der Waals surface area contributed by atoms with Crippen molar-refractivity contribution in [2.75, 3.05) is 18.5 Å². The predicted molar refractivity (Wildman–Crippen MR) is 95.3 cm³/mol. The molecule has 0 aliphatic carbocycles. The Morgan fingerprint density at radius 2 is 1.48 bits per heavy atom. The van der Waals surface area contributed by atoms with Crippen LogP contribution in [0.15, 0.2) is 66.1 Å². The van der Waals surface area contributed by atoms with Gasteiger partial charge in [0, 0.05) is 5.69 Å². The highest BCUT2D eigenvalue weighted by molar-refractivity contribution is 7.58. The molecule has 0 saturated carbocycles. The van der Waals surface area contributed by atoms with Crippen molar-refractivity contribution < 1.29 is 13.6 Å². The van der Waals surface area contributed by atoms with Crippen LogP contribution in [0.3, 0.4) is 0 Å². The lowest BCUT2D eigenvalue weighted by Crippen LogP contribution is -2.06. The van der Waals surface area contributed by atoms with E-state index in [1.807, 2.05) is 60.7 Å². The third-order valence-corrected chi connectivity index (χ3v) is 5.07. The number of para-hydroxylation sites is 1. The number of hydrogen-bond donors (Lipinski definition) is 1. The Bertz CT molecular complexity index is 661. The Labute approximate surface area is 137 Å². The van der Waals surface area contributed by atoms with E-state index in [1.165, 1.54) is 0 Å². The molecule has 0 bridgehead atoms. The first-order chi connectivity index (χ1) is 11.2. The van der Waals surface area contributed by atoms with Crippen LogP contribution in [0.1, 0.15) is 19.4 Å². The van der Waals surface area contributed by atoms with Crippen LogP contribution < -0.4 is 5.32 Å². The topological polar surface area (TPSA) is 47.6 Å². The summed E-state index contributed by atoms with van der Waals surface area (Å²) in [6.45, 7) is 4.21. The van der Waals surface area contributed by atoms with Crippen LogP contribution in [-0.2, 0) is 13.6 Å². The first-order valence-electron chi connectivity index (χ1n) is 7.66. The lowest BCUT2D eigenvalue weighted by atomic mass is 10.2. The third kappa shape index (κ3) is 5.07. The van der Waals surface area contributed by atoms with Crippen LogP contribution >= 0.6 is 7.60 Å². The van der Waals surface area contributed by atoms with Crippen molar-refractivity contribution >= 4 is 19.4 Å². The Morgan fingerprint density at radius 1 is 0.957 bits per heavy atom. The molecule has 0 heterocycles. The summed E-state index contributed by atoms with van der Waals surface area (Å²) in [7, 11) is -3.41. The SMILES string of the molecule is CCOP(=O)(OCC)C(=Cc1ccccc1)Nc1ccccc1. The van der Waals surface area contributed by atoms with Gasteiger partial charge >= 0.3 is 7.60 Å². The van der Waals surface area contributed by atoms with Crippen LogP contribution in [0.25, 0.3) is 6.08 Å². The molecule has 23 heavy (non-hydrogen) atoms. The Balaban J connectivity index is 2.41. The van der Waals surface area contributed by atoms with E-state index < -0.39 is 7.60 Å². The molecule has 0 aliphatic rings. The molecule has 0 unspecified atom stereocenters. The van der Waals surface area contributed by atoms with Crippen molar-refractivity contribution in [2.45, 2.75) is 13.8 Å². The maximum absolute atomic E-state index is 13.1. The number of rotatable bonds is 8. The summed E-state index contributed by atoms with van der Waals surface area (Å²) >= 11 is 0. The fourth-order valence-electron chi connectivity index (χ4n) is 2.08. The standard InChI is InChI=1S/C18H22NO3P/c1-3-21-23(20,22-4-2)18(15-16-11-7-5-8-12-16)19-17-13-9-6-10-14-17/h5-15,19H,3-4H2,1-2H3. The predicted octanol–water partition coefficient (Wildman–Crippen LogP) is 5.36. The first-order valence-corrected chi connectivity index (χ1v) is 9.20. The molecule has 0 aliphatic heterocycles. The Hall–Kier alpha value is -1.87. The zero-order valence-electron chi connectivity index (χ0n) is 13.4. The van der Waals surface area contributed by atoms with Gasteiger partial charge in [0.05, 0.1) is 13.2 Å². The molecule has 5 heteroatoms. The van der Waals surface area contributed by atoms with Gasteiger partial charge in [0.1, 0.15) is 5.44 Å². The van der Waals surface area contributed by atoms with Crippen molar-refractivity contribution in [3.05, 3.63) is 71.7 Å². The van der Waals surface area contributed by atoms with Gasteiger partial charge in [-0.05, 0) is 37.6 Å². The summed E-state index contributed by atoms with van der Waals surface area (Å²) in [6.07, 6.45) is 1.80. The molecule has 0 spiro atoms. The van der Waals surface area contributed by atoms with Gasteiger partial charge in [-0.2, -0.15) is 0 Å². The second-order valence-corrected chi connectivity index (χ2v) is 6.76. The Kier molecular flexibility index (Phi) is 6.60. The summed E-state index contributed by atoms with van der Waals surface area (Å²) < 4.78 is 24.1. The maximum atomic E-state index is 13.1. The van der Waals surface area contributed by atoms with Crippen LogP contribution in [0.2, 0.25) is 0 Å². The molecule has 0 radical (unpaired) electrons. The number of benzene rings is 2. The van der Waals surface area contributed by atoms with Gasteiger partial charge in [0.2, 0.25) is 0 Å². The van der Waals surface area contributed by atoms with Gasteiger partial charge in [-0.1, -0.05) is 48.5 Å². The van der Waals surface area contributed by atoms with Crippen molar-refractivity contribution in [2.24, 2.45) is 0 Å². The third-order valence-electron chi connectivity index (χ3n) is 3.04. The molecule has 2 rings (SSSR count). The second kappa shape index (κ2) is 8.68. The molecule has 1 N–H and O–H groups in total. The lowest BCUT2D eigenvalue weighted by molar-refractivity contribution is 0.227. The van der Waals surface area contributed by atoms with Crippen LogP contribution in [0, 0.1) is 0 Å². The second-order valence-electron chi connectivity index (χ2n) is 4.76. The van der Waals surface area contributed by atoms with Gasteiger partial charge < -0.3 is 14.4 Å². The van der Waals surface area contributed by atoms with Gasteiger partial charge in [0.15, 0.2) is 0 Å². The Morgan fingerprint density at radius 3 is 2.00 bits per heavy atom. The molecule has 0 saturated heterocycles. The van der Waals surface area contributed by atoms with Crippen LogP contribution in [-0.4, -0.2) is 13.2 Å². The molecule has 4 nitrogen and oxygen atoms in total.